The van der Waals surface area contributed by atoms with Crippen LogP contribution in [0.2, 0.25) is 0 Å². The first kappa shape index (κ1) is 6.32. The Balaban J connectivity index is 2.85. The minimum absolute atomic E-state index is 0.0770. The monoisotopic (exact) mass is 128 g/mol. The summed E-state index contributed by atoms with van der Waals surface area (Å²) < 4.78 is 4.79. The predicted octanol–water partition coefficient (Wildman–Crippen LogP) is 0.264. The molecule has 1 aromatic heterocycles. The second-order valence-corrected chi connectivity index (χ2v) is 1.69. The van der Waals surface area contributed by atoms with Crippen molar-refractivity contribution in [3.05, 3.63) is 23.7 Å². The van der Waals surface area contributed by atoms with Crippen LogP contribution < -0.4 is 0 Å². The van der Waals surface area contributed by atoms with E-state index in [0.717, 1.165) is 0 Å². The minimum Gasteiger partial charge on any atom is -0.467 e. The summed E-state index contributed by atoms with van der Waals surface area (Å²) in [6, 6.07) is 1.63. The van der Waals surface area contributed by atoms with Crippen LogP contribution in [-0.2, 0) is 13.2 Å². The summed E-state index contributed by atoms with van der Waals surface area (Å²) in [6.07, 6.45) is 1.44. The third-order valence-corrected chi connectivity index (χ3v) is 1.15. The Morgan fingerprint density at radius 1 is 1.33 bits per heavy atom. The Morgan fingerprint density at radius 2 is 2.11 bits per heavy atom. The van der Waals surface area contributed by atoms with Crippen LogP contribution in [0.1, 0.15) is 11.3 Å². The van der Waals surface area contributed by atoms with Gasteiger partial charge in [0.15, 0.2) is 0 Å². The molecule has 0 bridgehead atoms. The molecule has 3 nitrogen and oxygen atoms in total. The molecule has 1 heterocycles. The average molecular weight is 128 g/mol. The van der Waals surface area contributed by atoms with Crippen LogP contribution in [-0.4, -0.2) is 10.2 Å². The van der Waals surface area contributed by atoms with Gasteiger partial charge in [-0.25, -0.2) is 0 Å². The van der Waals surface area contributed by atoms with Crippen molar-refractivity contribution in [1.29, 1.82) is 0 Å². The van der Waals surface area contributed by atoms with Gasteiger partial charge in [-0.3, -0.25) is 0 Å². The van der Waals surface area contributed by atoms with E-state index in [4.69, 9.17) is 14.6 Å². The number of aliphatic hydroxyl groups excluding tert-OH is 2. The Morgan fingerprint density at radius 3 is 2.56 bits per heavy atom. The van der Waals surface area contributed by atoms with Crippen LogP contribution in [0.5, 0.6) is 0 Å². The first-order chi connectivity index (χ1) is 4.38. The van der Waals surface area contributed by atoms with Gasteiger partial charge in [-0.2, -0.15) is 0 Å². The van der Waals surface area contributed by atoms with Gasteiger partial charge >= 0.3 is 0 Å². The molecule has 2 N–H and O–H groups in total. The second-order valence-electron chi connectivity index (χ2n) is 1.69. The van der Waals surface area contributed by atoms with Gasteiger partial charge < -0.3 is 14.6 Å². The average Bonchev–Trinajstić information content (AvgIpc) is 2.33. The van der Waals surface area contributed by atoms with E-state index in [1.54, 1.807) is 6.07 Å². The largest absolute Gasteiger partial charge is 0.467 e. The number of furan rings is 1. The van der Waals surface area contributed by atoms with E-state index in [2.05, 4.69) is 0 Å². The summed E-state index contributed by atoms with van der Waals surface area (Å²) in [4.78, 5) is 0. The number of aliphatic hydroxyl groups is 2. The number of rotatable bonds is 2. The van der Waals surface area contributed by atoms with E-state index in [1.807, 2.05) is 0 Å². The van der Waals surface area contributed by atoms with Crippen molar-refractivity contribution in [2.75, 3.05) is 0 Å². The molecule has 0 radical (unpaired) electrons. The number of hydrogen-bond acceptors (Lipinski definition) is 3. The van der Waals surface area contributed by atoms with Crippen LogP contribution in [0.4, 0.5) is 0 Å². The molecule has 0 aliphatic heterocycles. The van der Waals surface area contributed by atoms with Crippen molar-refractivity contribution in [3.63, 3.8) is 0 Å². The lowest BCUT2D eigenvalue weighted by atomic mass is 10.3. The highest BCUT2D eigenvalue weighted by Crippen LogP contribution is 2.08. The van der Waals surface area contributed by atoms with Crippen LogP contribution >= 0.6 is 0 Å². The summed E-state index contributed by atoms with van der Waals surface area (Å²) in [6.45, 7) is -0.227. The van der Waals surface area contributed by atoms with Gasteiger partial charge in [-0.1, -0.05) is 0 Å². The fourth-order valence-electron chi connectivity index (χ4n) is 0.647. The van der Waals surface area contributed by atoms with Gasteiger partial charge in [0.1, 0.15) is 12.4 Å². The summed E-state index contributed by atoms with van der Waals surface area (Å²) in [5.41, 5.74) is 0.650. The highest BCUT2D eigenvalue weighted by Gasteiger charge is 2.01. The van der Waals surface area contributed by atoms with E-state index in [1.165, 1.54) is 6.26 Å². The second kappa shape index (κ2) is 2.66. The lowest BCUT2D eigenvalue weighted by Crippen LogP contribution is -1.86. The van der Waals surface area contributed by atoms with Crippen LogP contribution in [0.15, 0.2) is 16.7 Å². The Kier molecular flexibility index (Phi) is 1.87. The van der Waals surface area contributed by atoms with Crippen LogP contribution in [0, 0.1) is 0 Å². The smallest absolute Gasteiger partial charge is 0.134 e. The molecule has 0 aliphatic rings. The summed E-state index contributed by atoms with van der Waals surface area (Å²) in [5, 5.41) is 17.1. The maximum Gasteiger partial charge on any atom is 0.134 e. The van der Waals surface area contributed by atoms with Gasteiger partial charge in [0.25, 0.3) is 0 Å². The van der Waals surface area contributed by atoms with E-state index < -0.39 is 0 Å². The highest BCUT2D eigenvalue weighted by molar-refractivity contribution is 5.14. The molecule has 0 fully saturated rings. The maximum atomic E-state index is 8.57. The van der Waals surface area contributed by atoms with Crippen molar-refractivity contribution >= 4 is 0 Å². The Hall–Kier alpha value is -0.800. The molecule has 0 aliphatic carbocycles. The molecule has 0 atom stereocenters. The zero-order valence-corrected chi connectivity index (χ0v) is 4.87. The molecular formula is C6H8O3. The molecule has 1 rings (SSSR count). The molecule has 9 heavy (non-hydrogen) atoms. The van der Waals surface area contributed by atoms with Gasteiger partial charge in [0, 0.05) is 5.56 Å². The highest BCUT2D eigenvalue weighted by atomic mass is 16.4. The predicted molar refractivity (Wildman–Crippen MR) is 30.6 cm³/mol. The fourth-order valence-corrected chi connectivity index (χ4v) is 0.647. The molecule has 0 unspecified atom stereocenters. The lowest BCUT2D eigenvalue weighted by Gasteiger charge is -1.90. The molecule has 0 aromatic carbocycles. The van der Waals surface area contributed by atoms with Crippen molar-refractivity contribution in [2.45, 2.75) is 13.2 Å². The fraction of sp³-hybridized carbons (Fsp3) is 0.333. The topological polar surface area (TPSA) is 53.6 Å². The minimum atomic E-state index is -0.150. The molecule has 0 spiro atoms. The maximum absolute atomic E-state index is 8.57. The van der Waals surface area contributed by atoms with E-state index >= 15 is 0 Å². The van der Waals surface area contributed by atoms with Gasteiger partial charge in [-0.05, 0) is 6.07 Å². The molecule has 1 aromatic rings. The Labute approximate surface area is 52.5 Å². The van der Waals surface area contributed by atoms with E-state index in [-0.39, 0.29) is 13.2 Å². The normalized spacial score (nSPS) is 10.0. The van der Waals surface area contributed by atoms with Crippen molar-refractivity contribution in [2.24, 2.45) is 0 Å². The van der Waals surface area contributed by atoms with Gasteiger partial charge in [0.2, 0.25) is 0 Å². The third-order valence-electron chi connectivity index (χ3n) is 1.15. The molecule has 50 valence electrons. The summed E-state index contributed by atoms with van der Waals surface area (Å²) >= 11 is 0. The summed E-state index contributed by atoms with van der Waals surface area (Å²) in [5.74, 6) is 0.442. The third kappa shape index (κ3) is 1.12. The standard InChI is InChI=1S/C6H8O3/c7-3-5-1-2-9-6(5)4-8/h1-2,7-8H,3-4H2. The molecule has 0 amide bonds. The molecule has 0 saturated carbocycles. The zero-order valence-electron chi connectivity index (χ0n) is 4.87. The quantitative estimate of drug-likeness (QED) is 0.600. The summed E-state index contributed by atoms with van der Waals surface area (Å²) in [7, 11) is 0. The molecule has 3 heteroatoms. The number of hydrogen-bond donors (Lipinski definition) is 2. The van der Waals surface area contributed by atoms with Crippen molar-refractivity contribution < 1.29 is 14.6 Å². The van der Waals surface area contributed by atoms with Crippen LogP contribution in [0.25, 0.3) is 0 Å². The SMILES string of the molecule is OCc1ccoc1CO. The Bertz CT molecular complexity index is 162. The molecular weight excluding hydrogens is 120 g/mol. The van der Waals surface area contributed by atoms with Gasteiger partial charge in [0.05, 0.1) is 12.9 Å². The lowest BCUT2D eigenvalue weighted by molar-refractivity contribution is 0.233. The van der Waals surface area contributed by atoms with E-state index in [9.17, 15) is 0 Å². The first-order valence-electron chi connectivity index (χ1n) is 2.65. The first-order valence-corrected chi connectivity index (χ1v) is 2.65. The zero-order chi connectivity index (χ0) is 6.69. The van der Waals surface area contributed by atoms with Gasteiger partial charge in [-0.15, -0.1) is 0 Å². The molecule has 0 saturated heterocycles. The van der Waals surface area contributed by atoms with E-state index in [0.29, 0.717) is 11.3 Å². The van der Waals surface area contributed by atoms with Crippen molar-refractivity contribution in [1.82, 2.24) is 0 Å². The van der Waals surface area contributed by atoms with Crippen LogP contribution in [0.3, 0.4) is 0 Å². The van der Waals surface area contributed by atoms with Crippen molar-refractivity contribution in [3.8, 4) is 0 Å².